The second kappa shape index (κ2) is 7.83. The van der Waals surface area contributed by atoms with Gasteiger partial charge in [0, 0.05) is 11.3 Å². The number of benzene rings is 2. The van der Waals surface area contributed by atoms with E-state index >= 15 is 0 Å². The van der Waals surface area contributed by atoms with Crippen molar-refractivity contribution in [3.8, 4) is 11.8 Å². The van der Waals surface area contributed by atoms with Crippen molar-refractivity contribution in [2.75, 3.05) is 18.5 Å². The Labute approximate surface area is 159 Å². The van der Waals surface area contributed by atoms with E-state index in [1.807, 2.05) is 61.5 Å². The number of nitrogens with one attached hydrogen (secondary N) is 2. The maximum atomic E-state index is 12.3. The molecule has 2 fully saturated rings. The molecule has 0 spiro atoms. The molecule has 0 saturated carbocycles. The van der Waals surface area contributed by atoms with E-state index in [0.29, 0.717) is 13.2 Å². The Morgan fingerprint density at radius 3 is 2.67 bits per heavy atom. The number of amides is 2. The number of ether oxygens (including phenoxy) is 2. The number of carbonyl (C=O) groups excluding carboxylic acids is 1. The van der Waals surface area contributed by atoms with Gasteiger partial charge in [-0.15, -0.1) is 0 Å². The van der Waals surface area contributed by atoms with Crippen molar-refractivity contribution in [2.45, 2.75) is 25.2 Å². The molecule has 2 aliphatic heterocycles. The average Bonchev–Trinajstić information content (AvgIpc) is 3.24. The topological polar surface area (TPSA) is 59.6 Å². The van der Waals surface area contributed by atoms with E-state index < -0.39 is 0 Å². The van der Waals surface area contributed by atoms with Gasteiger partial charge in [0.25, 0.3) is 0 Å². The van der Waals surface area contributed by atoms with Crippen molar-refractivity contribution in [1.29, 1.82) is 0 Å². The number of fused-ring (bicyclic) bond motifs is 1. The van der Waals surface area contributed by atoms with Crippen LogP contribution >= 0.6 is 0 Å². The highest BCUT2D eigenvalue weighted by atomic mass is 16.6. The highest BCUT2D eigenvalue weighted by Crippen LogP contribution is 2.31. The second-order valence-electron chi connectivity index (χ2n) is 6.91. The van der Waals surface area contributed by atoms with E-state index in [2.05, 4.69) is 22.5 Å². The number of hydrogen-bond donors (Lipinski definition) is 2. The van der Waals surface area contributed by atoms with Crippen molar-refractivity contribution in [1.82, 2.24) is 5.32 Å². The fraction of sp³-hybridized carbons (Fsp3) is 0.318. The van der Waals surface area contributed by atoms with Gasteiger partial charge in [0.2, 0.25) is 0 Å². The van der Waals surface area contributed by atoms with Gasteiger partial charge < -0.3 is 20.1 Å². The third-order valence-electron chi connectivity index (χ3n) is 4.82. The van der Waals surface area contributed by atoms with Gasteiger partial charge in [0.1, 0.15) is 12.2 Å². The molecule has 0 bridgehead atoms. The van der Waals surface area contributed by atoms with Crippen LogP contribution in [0.1, 0.15) is 11.1 Å². The maximum Gasteiger partial charge on any atom is 0.319 e. The highest BCUT2D eigenvalue weighted by molar-refractivity contribution is 5.89. The van der Waals surface area contributed by atoms with E-state index in [9.17, 15) is 4.79 Å². The van der Waals surface area contributed by atoms with Crippen LogP contribution in [0.25, 0.3) is 0 Å². The van der Waals surface area contributed by atoms with E-state index in [4.69, 9.17) is 9.47 Å². The van der Waals surface area contributed by atoms with Crippen LogP contribution < -0.4 is 10.6 Å². The molecule has 2 saturated heterocycles. The summed E-state index contributed by atoms with van der Waals surface area (Å²) in [6.07, 6.45) is -0.270. The van der Waals surface area contributed by atoms with Crippen LogP contribution in [0, 0.1) is 24.7 Å². The molecule has 27 heavy (non-hydrogen) atoms. The van der Waals surface area contributed by atoms with E-state index in [-0.39, 0.29) is 30.2 Å². The molecule has 2 unspecified atom stereocenters. The smallest absolute Gasteiger partial charge is 0.319 e. The van der Waals surface area contributed by atoms with Crippen LogP contribution in [0.4, 0.5) is 10.5 Å². The highest BCUT2D eigenvalue weighted by Gasteiger charge is 2.47. The average molecular weight is 362 g/mol. The molecule has 2 aliphatic rings. The van der Waals surface area contributed by atoms with Gasteiger partial charge in [0.15, 0.2) is 0 Å². The van der Waals surface area contributed by atoms with E-state index in [1.54, 1.807) is 0 Å². The summed E-state index contributed by atoms with van der Waals surface area (Å²) in [5, 5.41) is 5.82. The van der Waals surface area contributed by atoms with Gasteiger partial charge in [-0.25, -0.2) is 4.79 Å². The summed E-state index contributed by atoms with van der Waals surface area (Å²) in [5.74, 6) is 6.46. The summed E-state index contributed by atoms with van der Waals surface area (Å²) in [6, 6.07) is 17.1. The van der Waals surface area contributed by atoms with Crippen LogP contribution in [0.5, 0.6) is 0 Å². The van der Waals surface area contributed by atoms with Crippen LogP contribution in [-0.2, 0) is 9.47 Å². The lowest BCUT2D eigenvalue weighted by Crippen LogP contribution is -2.45. The molecule has 0 aromatic heterocycles. The first-order chi connectivity index (χ1) is 13.2. The zero-order valence-corrected chi connectivity index (χ0v) is 15.1. The quantitative estimate of drug-likeness (QED) is 0.808. The van der Waals surface area contributed by atoms with Gasteiger partial charge in [-0.3, -0.25) is 0 Å². The van der Waals surface area contributed by atoms with Gasteiger partial charge in [-0.2, -0.15) is 0 Å². The molecular formula is C22H22N2O3. The summed E-state index contributed by atoms with van der Waals surface area (Å²) in [6.45, 7) is 2.94. The fourth-order valence-electron chi connectivity index (χ4n) is 3.50. The van der Waals surface area contributed by atoms with Gasteiger partial charge in [-0.05, 0) is 36.8 Å². The largest absolute Gasteiger partial charge is 0.372 e. The summed E-state index contributed by atoms with van der Waals surface area (Å²) < 4.78 is 11.8. The number of carbonyl (C=O) groups is 1. The Kier molecular flexibility index (Phi) is 5.10. The molecule has 138 valence electrons. The van der Waals surface area contributed by atoms with Gasteiger partial charge in [-0.1, -0.05) is 42.2 Å². The van der Waals surface area contributed by atoms with Crippen LogP contribution in [-0.4, -0.2) is 37.5 Å². The zero-order valence-electron chi connectivity index (χ0n) is 15.1. The lowest BCUT2D eigenvalue weighted by atomic mass is 10.0. The van der Waals surface area contributed by atoms with Crippen LogP contribution in [0.2, 0.25) is 0 Å². The Hall–Kier alpha value is -2.81. The molecule has 5 nitrogen and oxygen atoms in total. The molecule has 4 atom stereocenters. The van der Waals surface area contributed by atoms with E-state index in [1.165, 1.54) is 0 Å². The first kappa shape index (κ1) is 17.6. The zero-order chi connectivity index (χ0) is 18.6. The third kappa shape index (κ3) is 4.13. The first-order valence-corrected chi connectivity index (χ1v) is 9.13. The van der Waals surface area contributed by atoms with Crippen molar-refractivity contribution in [2.24, 2.45) is 5.92 Å². The number of hydrogen-bond acceptors (Lipinski definition) is 3. The lowest BCUT2D eigenvalue weighted by Gasteiger charge is -2.18. The number of aryl methyl sites for hydroxylation is 1. The Morgan fingerprint density at radius 1 is 1.04 bits per heavy atom. The third-order valence-corrected chi connectivity index (χ3v) is 4.82. The van der Waals surface area contributed by atoms with Crippen LogP contribution in [0.3, 0.4) is 0 Å². The predicted molar refractivity (Wildman–Crippen MR) is 103 cm³/mol. The lowest BCUT2D eigenvalue weighted by molar-refractivity contribution is 0.0666. The molecule has 2 amide bonds. The molecule has 0 radical (unpaired) electrons. The second-order valence-corrected chi connectivity index (χ2v) is 6.91. The number of urea groups is 1. The maximum absolute atomic E-state index is 12.3. The monoisotopic (exact) mass is 362 g/mol. The molecular weight excluding hydrogens is 340 g/mol. The van der Waals surface area contributed by atoms with Crippen molar-refractivity contribution >= 4 is 11.7 Å². The summed E-state index contributed by atoms with van der Waals surface area (Å²) >= 11 is 0. The summed E-state index contributed by atoms with van der Waals surface area (Å²) in [5.41, 5.74) is 2.84. The molecule has 2 aromatic carbocycles. The fourth-order valence-corrected chi connectivity index (χ4v) is 3.50. The van der Waals surface area contributed by atoms with Crippen molar-refractivity contribution in [3.05, 3.63) is 65.7 Å². The van der Waals surface area contributed by atoms with Crippen LogP contribution in [0.15, 0.2) is 54.6 Å². The Morgan fingerprint density at radius 2 is 1.85 bits per heavy atom. The Bertz CT molecular complexity index is 872. The minimum Gasteiger partial charge on any atom is -0.372 e. The normalized spacial score (nSPS) is 26.0. The summed E-state index contributed by atoms with van der Waals surface area (Å²) in [4.78, 5) is 12.3. The molecule has 4 rings (SSSR count). The minimum atomic E-state index is -0.253. The molecule has 5 heteroatoms. The first-order valence-electron chi connectivity index (χ1n) is 9.13. The van der Waals surface area contributed by atoms with Crippen molar-refractivity contribution < 1.29 is 14.3 Å². The van der Waals surface area contributed by atoms with Gasteiger partial charge in [0.05, 0.1) is 25.2 Å². The van der Waals surface area contributed by atoms with E-state index in [0.717, 1.165) is 16.8 Å². The molecule has 2 aromatic rings. The molecule has 0 aliphatic carbocycles. The molecule has 2 heterocycles. The standard InChI is InChI=1S/C22H22N2O3/c1-15-6-5-9-18(12-15)23-22(25)24-19-14-27-20-17(13-26-21(19)20)11-10-16-7-3-2-4-8-16/h2-9,12,17,19-21H,13-14H2,1H3,(H2,23,24,25)/t17-,19+,20?,21?/m1/s1. The SMILES string of the molecule is Cc1cccc(NC(=O)N[C@H]2COC3C2OC[C@H]3C#Cc2ccccc2)c1. The number of rotatable bonds is 2. The predicted octanol–water partition coefficient (Wildman–Crippen LogP) is 2.95. The molecule has 2 N–H and O–H groups in total. The van der Waals surface area contributed by atoms with Crippen molar-refractivity contribution in [3.63, 3.8) is 0 Å². The summed E-state index contributed by atoms with van der Waals surface area (Å²) in [7, 11) is 0. The minimum absolute atomic E-state index is 0.0156. The Balaban J connectivity index is 1.35. The van der Waals surface area contributed by atoms with Gasteiger partial charge >= 0.3 is 6.03 Å². The number of anilines is 1.